The third-order valence-corrected chi connectivity index (χ3v) is 4.93. The normalized spacial score (nSPS) is 10.8. The smallest absolute Gasteiger partial charge is 0.265 e. The number of hydrogen-bond donors (Lipinski definition) is 1. The number of fused-ring (bicyclic) bond motifs is 1. The van der Waals surface area contributed by atoms with E-state index in [0.29, 0.717) is 16.9 Å². The monoisotopic (exact) mass is 418 g/mol. The van der Waals surface area contributed by atoms with Gasteiger partial charge in [0, 0.05) is 31.5 Å². The first-order valence-electron chi connectivity index (χ1n) is 9.50. The molecule has 0 fully saturated rings. The van der Waals surface area contributed by atoms with E-state index in [4.69, 9.17) is 4.74 Å². The number of carbonyl (C=O) groups is 1. The maximum Gasteiger partial charge on any atom is 0.265 e. The SMILES string of the molecule is COc1c(C(=O)NCc2ccc(F)cc2)ccc2nc(-c3cccnc3)n(C)c(=O)c12. The maximum absolute atomic E-state index is 13.1. The second-order valence-electron chi connectivity index (χ2n) is 6.89. The Morgan fingerprint density at radius 3 is 2.61 bits per heavy atom. The van der Waals surface area contributed by atoms with Gasteiger partial charge in [-0.1, -0.05) is 12.1 Å². The van der Waals surface area contributed by atoms with E-state index in [-0.39, 0.29) is 34.6 Å². The van der Waals surface area contributed by atoms with Gasteiger partial charge in [-0.2, -0.15) is 0 Å². The highest BCUT2D eigenvalue weighted by molar-refractivity contribution is 6.03. The summed E-state index contributed by atoms with van der Waals surface area (Å²) in [7, 11) is 3.01. The molecule has 0 aliphatic rings. The maximum atomic E-state index is 13.1. The van der Waals surface area contributed by atoms with Crippen LogP contribution < -0.4 is 15.6 Å². The van der Waals surface area contributed by atoms with Crippen LogP contribution in [0.15, 0.2) is 65.7 Å². The Hall–Kier alpha value is -4.07. The summed E-state index contributed by atoms with van der Waals surface area (Å²) in [6.45, 7) is 0.205. The van der Waals surface area contributed by atoms with Gasteiger partial charge in [0.15, 0.2) is 0 Å². The molecular formula is C23H19FN4O3. The summed E-state index contributed by atoms with van der Waals surface area (Å²) in [6, 6.07) is 12.6. The minimum Gasteiger partial charge on any atom is -0.495 e. The minimum atomic E-state index is -0.415. The lowest BCUT2D eigenvalue weighted by atomic mass is 10.1. The molecule has 1 N–H and O–H groups in total. The molecule has 4 aromatic rings. The standard InChI is InChI=1S/C23H19FN4O3/c1-28-21(15-4-3-11-25-13-15)27-18-10-9-17(20(31-2)19(18)23(28)30)22(29)26-12-14-5-7-16(24)8-6-14/h3-11,13H,12H2,1-2H3,(H,26,29). The molecule has 156 valence electrons. The molecule has 7 nitrogen and oxygen atoms in total. The van der Waals surface area contributed by atoms with Gasteiger partial charge in [-0.05, 0) is 42.0 Å². The van der Waals surface area contributed by atoms with Crippen LogP contribution in [0.1, 0.15) is 15.9 Å². The van der Waals surface area contributed by atoms with E-state index in [1.54, 1.807) is 49.8 Å². The van der Waals surface area contributed by atoms with Crippen LogP contribution in [0.4, 0.5) is 4.39 Å². The molecule has 0 aliphatic heterocycles. The molecule has 2 aromatic carbocycles. The van der Waals surface area contributed by atoms with Crippen molar-refractivity contribution in [2.24, 2.45) is 7.05 Å². The number of nitrogens with one attached hydrogen (secondary N) is 1. The molecule has 0 bridgehead atoms. The lowest BCUT2D eigenvalue weighted by Crippen LogP contribution is -2.25. The topological polar surface area (TPSA) is 86.1 Å². The lowest BCUT2D eigenvalue weighted by molar-refractivity contribution is 0.0948. The summed E-state index contributed by atoms with van der Waals surface area (Å²) in [4.78, 5) is 34.6. The number of carbonyl (C=O) groups excluding carboxylic acids is 1. The van der Waals surface area contributed by atoms with Crippen molar-refractivity contribution in [2.75, 3.05) is 7.11 Å². The second-order valence-corrected chi connectivity index (χ2v) is 6.89. The molecule has 2 aromatic heterocycles. The molecule has 0 spiro atoms. The highest BCUT2D eigenvalue weighted by Crippen LogP contribution is 2.28. The summed E-state index contributed by atoms with van der Waals surface area (Å²) >= 11 is 0. The van der Waals surface area contributed by atoms with Crippen LogP contribution in [0.2, 0.25) is 0 Å². The fourth-order valence-electron chi connectivity index (χ4n) is 3.35. The number of halogens is 1. The van der Waals surface area contributed by atoms with Crippen LogP contribution in [0.5, 0.6) is 5.75 Å². The number of pyridine rings is 1. The molecule has 1 amide bonds. The third kappa shape index (κ3) is 3.87. The minimum absolute atomic E-state index is 0.153. The van der Waals surface area contributed by atoms with Gasteiger partial charge in [-0.25, -0.2) is 9.37 Å². The molecule has 0 aliphatic carbocycles. The number of hydrogen-bond acceptors (Lipinski definition) is 5. The Bertz CT molecular complexity index is 1320. The van der Waals surface area contributed by atoms with Crippen molar-refractivity contribution in [1.82, 2.24) is 19.9 Å². The van der Waals surface area contributed by atoms with Crippen molar-refractivity contribution in [3.8, 4) is 17.1 Å². The highest BCUT2D eigenvalue weighted by atomic mass is 19.1. The summed E-state index contributed by atoms with van der Waals surface area (Å²) in [5.74, 6) is -0.150. The molecule has 0 atom stereocenters. The van der Waals surface area contributed by atoms with Crippen LogP contribution in [0.3, 0.4) is 0 Å². The van der Waals surface area contributed by atoms with E-state index in [1.807, 2.05) is 6.07 Å². The van der Waals surface area contributed by atoms with E-state index < -0.39 is 5.91 Å². The zero-order valence-corrected chi connectivity index (χ0v) is 16.9. The largest absolute Gasteiger partial charge is 0.495 e. The number of rotatable bonds is 5. The first kappa shape index (κ1) is 20.2. The molecular weight excluding hydrogens is 399 g/mol. The molecule has 0 saturated carbocycles. The van der Waals surface area contributed by atoms with Gasteiger partial charge in [0.25, 0.3) is 11.5 Å². The van der Waals surface area contributed by atoms with Crippen molar-refractivity contribution in [1.29, 1.82) is 0 Å². The molecule has 0 radical (unpaired) electrons. The van der Waals surface area contributed by atoms with E-state index in [9.17, 15) is 14.0 Å². The summed E-state index contributed by atoms with van der Waals surface area (Å²) < 4.78 is 19.9. The predicted molar refractivity (Wildman–Crippen MR) is 114 cm³/mol. The number of ether oxygens (including phenoxy) is 1. The molecule has 31 heavy (non-hydrogen) atoms. The van der Waals surface area contributed by atoms with Crippen LogP contribution in [-0.2, 0) is 13.6 Å². The number of methoxy groups -OCH3 is 1. The van der Waals surface area contributed by atoms with Crippen LogP contribution in [0, 0.1) is 5.82 Å². The van der Waals surface area contributed by atoms with Gasteiger partial charge in [0.05, 0.1) is 18.2 Å². The van der Waals surface area contributed by atoms with Gasteiger partial charge >= 0.3 is 0 Å². The fraction of sp³-hybridized carbons (Fsp3) is 0.130. The number of amides is 1. The highest BCUT2D eigenvalue weighted by Gasteiger charge is 2.20. The summed E-state index contributed by atoms with van der Waals surface area (Å²) in [5.41, 5.74) is 1.73. The molecule has 0 unspecified atom stereocenters. The Balaban J connectivity index is 1.74. The first-order chi connectivity index (χ1) is 15.0. The fourth-order valence-corrected chi connectivity index (χ4v) is 3.35. The van der Waals surface area contributed by atoms with Crippen molar-refractivity contribution < 1.29 is 13.9 Å². The van der Waals surface area contributed by atoms with Crippen molar-refractivity contribution in [3.05, 3.63) is 88.2 Å². The Morgan fingerprint density at radius 2 is 1.94 bits per heavy atom. The average molecular weight is 418 g/mol. The van der Waals surface area contributed by atoms with Crippen LogP contribution >= 0.6 is 0 Å². The Kier molecular flexibility index (Phi) is 5.44. The van der Waals surface area contributed by atoms with Gasteiger partial charge in [0.1, 0.15) is 22.8 Å². The lowest BCUT2D eigenvalue weighted by Gasteiger charge is -2.14. The zero-order chi connectivity index (χ0) is 22.0. The Labute approximate surface area is 177 Å². The van der Waals surface area contributed by atoms with Crippen molar-refractivity contribution in [3.63, 3.8) is 0 Å². The van der Waals surface area contributed by atoms with E-state index in [0.717, 1.165) is 5.56 Å². The van der Waals surface area contributed by atoms with Gasteiger partial charge in [0.2, 0.25) is 0 Å². The third-order valence-electron chi connectivity index (χ3n) is 4.93. The molecule has 2 heterocycles. The molecule has 8 heteroatoms. The Morgan fingerprint density at radius 1 is 1.16 bits per heavy atom. The van der Waals surface area contributed by atoms with Crippen LogP contribution in [-0.4, -0.2) is 27.6 Å². The number of benzene rings is 2. The quantitative estimate of drug-likeness (QED) is 0.538. The van der Waals surface area contributed by atoms with E-state index in [1.165, 1.54) is 23.8 Å². The number of aromatic nitrogens is 3. The summed E-state index contributed by atoms with van der Waals surface area (Å²) in [6.07, 6.45) is 3.27. The van der Waals surface area contributed by atoms with Crippen molar-refractivity contribution in [2.45, 2.75) is 6.54 Å². The average Bonchev–Trinajstić information content (AvgIpc) is 2.80. The van der Waals surface area contributed by atoms with E-state index >= 15 is 0 Å². The molecule has 4 rings (SSSR count). The summed E-state index contributed by atoms with van der Waals surface area (Å²) in [5, 5.41) is 2.98. The zero-order valence-electron chi connectivity index (χ0n) is 16.9. The van der Waals surface area contributed by atoms with E-state index in [2.05, 4.69) is 15.3 Å². The van der Waals surface area contributed by atoms with Gasteiger partial charge in [-0.15, -0.1) is 0 Å². The van der Waals surface area contributed by atoms with Gasteiger partial charge in [-0.3, -0.25) is 19.1 Å². The first-order valence-corrected chi connectivity index (χ1v) is 9.50. The van der Waals surface area contributed by atoms with Gasteiger partial charge < -0.3 is 10.1 Å². The van der Waals surface area contributed by atoms with Crippen molar-refractivity contribution >= 4 is 16.8 Å². The molecule has 0 saturated heterocycles. The predicted octanol–water partition coefficient (Wildman–Crippen LogP) is 3.07. The van der Waals surface area contributed by atoms with Crippen LogP contribution in [0.25, 0.3) is 22.3 Å². The second kappa shape index (κ2) is 8.35. The number of nitrogens with zero attached hydrogens (tertiary/aromatic N) is 3.